The van der Waals surface area contributed by atoms with Gasteiger partial charge in [0.2, 0.25) is 0 Å². The lowest BCUT2D eigenvalue weighted by Crippen LogP contribution is -2.37. The average molecular weight is 331 g/mol. The first-order chi connectivity index (χ1) is 11.7. The van der Waals surface area contributed by atoms with E-state index in [0.29, 0.717) is 6.54 Å². The van der Waals surface area contributed by atoms with Crippen LogP contribution in [0.3, 0.4) is 0 Å². The van der Waals surface area contributed by atoms with Crippen LogP contribution in [-0.2, 0) is 20.0 Å². The molecule has 0 amide bonds. The maximum atomic E-state index is 5.33. The van der Waals surface area contributed by atoms with E-state index >= 15 is 0 Å². The third-order valence-electron chi connectivity index (χ3n) is 3.60. The van der Waals surface area contributed by atoms with Crippen molar-refractivity contribution < 1.29 is 9.47 Å². The Balaban J connectivity index is 1.81. The van der Waals surface area contributed by atoms with Crippen molar-refractivity contribution in [2.24, 2.45) is 12.0 Å². The van der Waals surface area contributed by atoms with E-state index in [1.165, 1.54) is 5.56 Å². The van der Waals surface area contributed by atoms with E-state index in [2.05, 4.69) is 20.7 Å². The molecule has 130 valence electrons. The number of hydrogen-bond acceptors (Lipinski definition) is 4. The number of aliphatic imine (C=N–C) groups is 1. The third kappa shape index (κ3) is 4.91. The van der Waals surface area contributed by atoms with Gasteiger partial charge < -0.3 is 20.1 Å². The number of aryl methyl sites for hydroxylation is 1. The molecule has 0 aliphatic rings. The number of guanidine groups is 1. The van der Waals surface area contributed by atoms with Gasteiger partial charge >= 0.3 is 0 Å². The molecule has 0 spiro atoms. The van der Waals surface area contributed by atoms with Gasteiger partial charge in [-0.3, -0.25) is 9.67 Å². The number of rotatable bonds is 7. The highest BCUT2D eigenvalue weighted by Gasteiger charge is 2.05. The summed E-state index contributed by atoms with van der Waals surface area (Å²) in [6, 6.07) is 5.95. The summed E-state index contributed by atoms with van der Waals surface area (Å²) in [5.74, 6) is 2.25. The molecule has 0 fully saturated rings. The van der Waals surface area contributed by atoms with E-state index in [1.807, 2.05) is 37.6 Å². The fraction of sp³-hybridized carbons (Fsp3) is 0.412. The second-order valence-corrected chi connectivity index (χ2v) is 5.31. The lowest BCUT2D eigenvalue weighted by atomic mass is 10.1. The van der Waals surface area contributed by atoms with Crippen molar-refractivity contribution in [1.82, 2.24) is 20.4 Å². The van der Waals surface area contributed by atoms with Crippen LogP contribution in [0.2, 0.25) is 0 Å². The predicted molar refractivity (Wildman–Crippen MR) is 94.7 cm³/mol. The molecule has 0 aliphatic carbocycles. The molecule has 0 bridgehead atoms. The Bertz CT molecular complexity index is 681. The summed E-state index contributed by atoms with van der Waals surface area (Å²) in [5.41, 5.74) is 2.28. The van der Waals surface area contributed by atoms with E-state index in [1.54, 1.807) is 25.9 Å². The van der Waals surface area contributed by atoms with Crippen molar-refractivity contribution in [3.05, 3.63) is 41.7 Å². The van der Waals surface area contributed by atoms with Crippen LogP contribution < -0.4 is 20.1 Å². The summed E-state index contributed by atoms with van der Waals surface area (Å²) in [5, 5.41) is 10.7. The van der Waals surface area contributed by atoms with Crippen LogP contribution in [0, 0.1) is 0 Å². The van der Waals surface area contributed by atoms with E-state index in [0.717, 1.165) is 36.0 Å². The number of nitrogens with one attached hydrogen (secondary N) is 2. The van der Waals surface area contributed by atoms with Gasteiger partial charge in [-0.25, -0.2) is 0 Å². The molecule has 7 heteroatoms. The Morgan fingerprint density at radius 3 is 2.58 bits per heavy atom. The topological polar surface area (TPSA) is 72.7 Å². The Labute approximate surface area is 142 Å². The SMILES string of the molecule is CN=C(NCCc1ccc(OC)c(OC)c1)NCc1cnn(C)c1. The number of methoxy groups -OCH3 is 2. The highest BCUT2D eigenvalue weighted by Crippen LogP contribution is 2.27. The Kier molecular flexibility index (Phi) is 6.48. The highest BCUT2D eigenvalue weighted by atomic mass is 16.5. The Morgan fingerprint density at radius 2 is 1.96 bits per heavy atom. The molecule has 0 atom stereocenters. The second kappa shape index (κ2) is 8.81. The summed E-state index contributed by atoms with van der Waals surface area (Å²) < 4.78 is 12.4. The molecule has 2 rings (SSSR count). The average Bonchev–Trinajstić information content (AvgIpc) is 3.03. The van der Waals surface area contributed by atoms with Gasteiger partial charge in [0.05, 0.1) is 20.4 Å². The zero-order valence-corrected chi connectivity index (χ0v) is 14.7. The van der Waals surface area contributed by atoms with Crippen molar-refractivity contribution in [2.75, 3.05) is 27.8 Å². The van der Waals surface area contributed by atoms with Gasteiger partial charge in [-0.15, -0.1) is 0 Å². The monoisotopic (exact) mass is 331 g/mol. The molecule has 0 radical (unpaired) electrons. The third-order valence-corrected chi connectivity index (χ3v) is 3.60. The van der Waals surface area contributed by atoms with E-state index in [9.17, 15) is 0 Å². The quantitative estimate of drug-likeness (QED) is 0.592. The van der Waals surface area contributed by atoms with Gasteiger partial charge in [-0.05, 0) is 24.1 Å². The lowest BCUT2D eigenvalue weighted by Gasteiger charge is -2.12. The zero-order valence-electron chi connectivity index (χ0n) is 14.7. The molecule has 0 saturated heterocycles. The smallest absolute Gasteiger partial charge is 0.191 e. The minimum absolute atomic E-state index is 0.684. The van der Waals surface area contributed by atoms with Gasteiger partial charge in [0.15, 0.2) is 17.5 Å². The molecule has 0 aliphatic heterocycles. The molecule has 1 heterocycles. The minimum atomic E-state index is 0.684. The molecule has 0 saturated carbocycles. The van der Waals surface area contributed by atoms with Gasteiger partial charge in [0.25, 0.3) is 0 Å². The standard InChI is InChI=1S/C17H25N5O2/c1-18-17(20-10-14-11-21-22(2)12-14)19-8-7-13-5-6-15(23-3)16(9-13)24-4/h5-6,9,11-12H,7-8,10H2,1-4H3,(H2,18,19,20). The van der Waals surface area contributed by atoms with Crippen LogP contribution in [0.4, 0.5) is 0 Å². The van der Waals surface area contributed by atoms with E-state index in [4.69, 9.17) is 9.47 Å². The fourth-order valence-corrected chi connectivity index (χ4v) is 2.33. The number of benzene rings is 1. The number of ether oxygens (including phenoxy) is 2. The van der Waals surface area contributed by atoms with E-state index in [-0.39, 0.29) is 0 Å². The van der Waals surface area contributed by atoms with Crippen LogP contribution >= 0.6 is 0 Å². The highest BCUT2D eigenvalue weighted by molar-refractivity contribution is 5.79. The maximum absolute atomic E-state index is 5.33. The van der Waals surface area contributed by atoms with Crippen molar-refractivity contribution in [3.8, 4) is 11.5 Å². The van der Waals surface area contributed by atoms with Gasteiger partial charge in [0, 0.05) is 38.9 Å². The molecule has 1 aromatic heterocycles. The van der Waals surface area contributed by atoms with Gasteiger partial charge in [-0.1, -0.05) is 6.07 Å². The van der Waals surface area contributed by atoms with Crippen LogP contribution in [0.5, 0.6) is 11.5 Å². The van der Waals surface area contributed by atoms with Crippen LogP contribution in [0.1, 0.15) is 11.1 Å². The Morgan fingerprint density at radius 1 is 1.17 bits per heavy atom. The lowest BCUT2D eigenvalue weighted by molar-refractivity contribution is 0.354. The molecular formula is C17H25N5O2. The minimum Gasteiger partial charge on any atom is -0.493 e. The van der Waals surface area contributed by atoms with Gasteiger partial charge in [-0.2, -0.15) is 5.10 Å². The van der Waals surface area contributed by atoms with Crippen molar-refractivity contribution in [3.63, 3.8) is 0 Å². The number of nitrogens with zero attached hydrogens (tertiary/aromatic N) is 3. The largest absolute Gasteiger partial charge is 0.493 e. The summed E-state index contributed by atoms with van der Waals surface area (Å²) in [6.45, 7) is 1.45. The van der Waals surface area contributed by atoms with Gasteiger partial charge in [0.1, 0.15) is 0 Å². The van der Waals surface area contributed by atoms with Crippen LogP contribution in [-0.4, -0.2) is 43.6 Å². The summed E-state index contributed by atoms with van der Waals surface area (Å²) >= 11 is 0. The maximum Gasteiger partial charge on any atom is 0.191 e. The first-order valence-corrected chi connectivity index (χ1v) is 7.79. The molecule has 1 aromatic carbocycles. The first-order valence-electron chi connectivity index (χ1n) is 7.79. The Hall–Kier alpha value is -2.70. The second-order valence-electron chi connectivity index (χ2n) is 5.31. The molecule has 7 nitrogen and oxygen atoms in total. The molecule has 24 heavy (non-hydrogen) atoms. The van der Waals surface area contributed by atoms with Crippen LogP contribution in [0.25, 0.3) is 0 Å². The van der Waals surface area contributed by atoms with Crippen molar-refractivity contribution >= 4 is 5.96 Å². The normalized spacial score (nSPS) is 11.2. The number of hydrogen-bond donors (Lipinski definition) is 2. The van der Waals surface area contributed by atoms with E-state index < -0.39 is 0 Å². The predicted octanol–water partition coefficient (Wildman–Crippen LogP) is 1.34. The molecule has 2 aromatic rings. The molecular weight excluding hydrogens is 306 g/mol. The summed E-state index contributed by atoms with van der Waals surface area (Å²) in [6.07, 6.45) is 4.67. The number of aromatic nitrogens is 2. The zero-order chi connectivity index (χ0) is 17.4. The first kappa shape index (κ1) is 17.7. The van der Waals surface area contributed by atoms with Crippen LogP contribution in [0.15, 0.2) is 35.6 Å². The van der Waals surface area contributed by atoms with Crippen molar-refractivity contribution in [1.29, 1.82) is 0 Å². The molecule has 0 unspecified atom stereocenters. The fourth-order valence-electron chi connectivity index (χ4n) is 2.33. The van der Waals surface area contributed by atoms with Crippen molar-refractivity contribution in [2.45, 2.75) is 13.0 Å². The summed E-state index contributed by atoms with van der Waals surface area (Å²) in [7, 11) is 6.94. The molecule has 2 N–H and O–H groups in total. The summed E-state index contributed by atoms with van der Waals surface area (Å²) in [4.78, 5) is 4.22.